The van der Waals surface area contributed by atoms with Gasteiger partial charge in [0.1, 0.15) is 0 Å². The van der Waals surface area contributed by atoms with Crippen LogP contribution in [0.15, 0.2) is 255 Å². The topological polar surface area (TPSA) is 6.48 Å². The average Bonchev–Trinajstić information content (AvgIpc) is 1.57. The standard InChI is InChI=1S/C83H66N2/c1-51-45-52(2)47-59(46-51)85(75-50-73-77(69-34-20-16-30-65(69)75)79-67-32-18-12-26-61(67)63-28-14-22-36-71(63)81(79)83(73,6)7)57-41-37-54(38-42-57)48-53(3)55-39-43-58(44-40-55)84(56-23-9-8-10-24-56)74-49-72-76(68-33-19-15-29-64(68)74)78-66-31-17-11-25-60(66)62-27-13-21-35-70(62)80(78)82(72,4)5/h8-47,49-50,53H,48H2,1-7H3. The van der Waals surface area contributed by atoms with Crippen LogP contribution >= 0.6 is 0 Å². The number of anilines is 6. The SMILES string of the molecule is Cc1cc(C)cc(N(c2ccc(CC(C)c3ccc(N(c4ccccc4)c4cc5c(c6ccccc46)-c4c(c6ccccc6c6ccccc46)C5(C)C)cc3)cc2)c2cc3c(c4ccccc24)-c2c(c4ccccc4c4ccccc24)C3(C)C)c1. The summed E-state index contributed by atoms with van der Waals surface area (Å²) in [5.74, 6) is 0.280. The van der Waals surface area contributed by atoms with Crippen LogP contribution < -0.4 is 9.80 Å². The molecule has 0 saturated carbocycles. The molecule has 0 aliphatic heterocycles. The Morgan fingerprint density at radius 1 is 0.306 bits per heavy atom. The molecule has 0 saturated heterocycles. The molecule has 2 aliphatic carbocycles. The minimum atomic E-state index is -0.258. The molecule has 408 valence electrons. The van der Waals surface area contributed by atoms with E-state index in [2.05, 4.69) is 313 Å². The Balaban J connectivity index is 0.761. The van der Waals surface area contributed by atoms with E-state index < -0.39 is 0 Å². The number of para-hydroxylation sites is 1. The van der Waals surface area contributed by atoms with Gasteiger partial charge >= 0.3 is 0 Å². The van der Waals surface area contributed by atoms with Crippen molar-refractivity contribution in [3.63, 3.8) is 0 Å². The Hall–Kier alpha value is -9.76. The van der Waals surface area contributed by atoms with Gasteiger partial charge in [0.05, 0.1) is 11.4 Å². The highest BCUT2D eigenvalue weighted by Crippen LogP contribution is 2.61. The van der Waals surface area contributed by atoms with E-state index >= 15 is 0 Å². The van der Waals surface area contributed by atoms with Crippen molar-refractivity contribution in [1.29, 1.82) is 0 Å². The monoisotopic (exact) mass is 1090 g/mol. The maximum Gasteiger partial charge on any atom is 0.0543 e. The van der Waals surface area contributed by atoms with Gasteiger partial charge in [-0.3, -0.25) is 0 Å². The van der Waals surface area contributed by atoms with Crippen LogP contribution in [0.2, 0.25) is 0 Å². The van der Waals surface area contributed by atoms with Crippen molar-refractivity contribution < 1.29 is 0 Å². The van der Waals surface area contributed by atoms with Crippen LogP contribution in [-0.4, -0.2) is 0 Å². The molecule has 2 aliphatic rings. The Morgan fingerprint density at radius 2 is 0.635 bits per heavy atom. The zero-order chi connectivity index (χ0) is 57.5. The molecule has 0 radical (unpaired) electrons. The largest absolute Gasteiger partial charge is 0.310 e. The molecule has 0 aromatic heterocycles. The fraction of sp³-hybridized carbons (Fsp3) is 0.133. The second-order valence-electron chi connectivity index (χ2n) is 25.4. The second kappa shape index (κ2) is 19.1. The third kappa shape index (κ3) is 7.70. The Labute approximate surface area is 498 Å². The lowest BCUT2D eigenvalue weighted by molar-refractivity contribution is 0.667. The van der Waals surface area contributed by atoms with Crippen LogP contribution in [0.3, 0.4) is 0 Å². The molecule has 2 heteroatoms. The lowest BCUT2D eigenvalue weighted by atomic mass is 9.79. The van der Waals surface area contributed by atoms with Crippen LogP contribution in [0, 0.1) is 13.8 Å². The lowest BCUT2D eigenvalue weighted by Crippen LogP contribution is -2.17. The number of rotatable bonds is 9. The minimum absolute atomic E-state index is 0.253. The molecule has 2 nitrogen and oxygen atoms in total. The Morgan fingerprint density at radius 3 is 1.07 bits per heavy atom. The maximum absolute atomic E-state index is 2.54. The summed E-state index contributed by atoms with van der Waals surface area (Å²) in [6.07, 6.45) is 0.913. The van der Waals surface area contributed by atoms with E-state index in [1.54, 1.807) is 0 Å². The van der Waals surface area contributed by atoms with Crippen LogP contribution in [-0.2, 0) is 17.3 Å². The molecular formula is C83H66N2. The van der Waals surface area contributed by atoms with Gasteiger partial charge in [0.15, 0.2) is 0 Å². The highest BCUT2D eigenvalue weighted by molar-refractivity contribution is 6.24. The van der Waals surface area contributed by atoms with Crippen molar-refractivity contribution >= 4 is 98.8 Å². The Bertz CT molecular complexity index is 5040. The fourth-order valence-electron chi connectivity index (χ4n) is 15.7. The van der Waals surface area contributed by atoms with E-state index in [9.17, 15) is 0 Å². The molecule has 0 amide bonds. The first-order valence-electron chi connectivity index (χ1n) is 30.4. The van der Waals surface area contributed by atoms with E-state index in [1.165, 1.54) is 148 Å². The summed E-state index contributed by atoms with van der Waals surface area (Å²) in [5.41, 5.74) is 22.7. The van der Waals surface area contributed by atoms with E-state index in [1.807, 2.05) is 0 Å². The Kier molecular flexibility index (Phi) is 11.5. The molecule has 16 rings (SSSR count). The molecule has 0 heterocycles. The molecule has 1 atom stereocenters. The zero-order valence-electron chi connectivity index (χ0n) is 49.4. The van der Waals surface area contributed by atoms with Crippen molar-refractivity contribution in [1.82, 2.24) is 0 Å². The van der Waals surface area contributed by atoms with Gasteiger partial charge in [0, 0.05) is 44.4 Å². The summed E-state index contributed by atoms with van der Waals surface area (Å²) in [7, 11) is 0. The maximum atomic E-state index is 2.54. The summed E-state index contributed by atoms with van der Waals surface area (Å²) >= 11 is 0. The van der Waals surface area contributed by atoms with Crippen molar-refractivity contribution in [3.8, 4) is 22.3 Å². The molecule has 14 aromatic carbocycles. The summed E-state index contributed by atoms with van der Waals surface area (Å²) in [6.45, 7) is 16.6. The molecule has 0 spiro atoms. The fourth-order valence-corrected chi connectivity index (χ4v) is 15.7. The highest BCUT2D eigenvalue weighted by atomic mass is 15.1. The number of hydrogen-bond donors (Lipinski definition) is 0. The second-order valence-corrected chi connectivity index (χ2v) is 25.4. The van der Waals surface area contributed by atoms with Gasteiger partial charge in [-0.25, -0.2) is 0 Å². The van der Waals surface area contributed by atoms with Crippen molar-refractivity contribution in [2.75, 3.05) is 9.80 Å². The predicted molar refractivity (Wildman–Crippen MR) is 364 cm³/mol. The smallest absolute Gasteiger partial charge is 0.0543 e. The van der Waals surface area contributed by atoms with Crippen LogP contribution in [0.1, 0.15) is 85.0 Å². The summed E-state index contributed by atoms with van der Waals surface area (Å²) in [6, 6.07) is 96.3. The van der Waals surface area contributed by atoms with E-state index in [0.717, 1.165) is 23.5 Å². The first-order valence-corrected chi connectivity index (χ1v) is 30.4. The predicted octanol–water partition coefficient (Wildman–Crippen LogP) is 23.1. The third-order valence-electron chi connectivity index (χ3n) is 19.4. The lowest BCUT2D eigenvalue weighted by Gasteiger charge is -2.30. The van der Waals surface area contributed by atoms with Gasteiger partial charge in [-0.15, -0.1) is 0 Å². The van der Waals surface area contributed by atoms with E-state index in [0.29, 0.717) is 0 Å². The van der Waals surface area contributed by atoms with Gasteiger partial charge in [-0.1, -0.05) is 229 Å². The van der Waals surface area contributed by atoms with Crippen LogP contribution in [0.25, 0.3) is 86.9 Å². The number of benzene rings is 14. The molecule has 1 unspecified atom stereocenters. The van der Waals surface area contributed by atoms with Gasteiger partial charge in [0.25, 0.3) is 0 Å². The third-order valence-corrected chi connectivity index (χ3v) is 19.4. The van der Waals surface area contributed by atoms with Gasteiger partial charge in [0.2, 0.25) is 0 Å². The van der Waals surface area contributed by atoms with Crippen LogP contribution in [0.4, 0.5) is 34.1 Å². The molecule has 0 bridgehead atoms. The number of fused-ring (bicyclic) bond motifs is 20. The number of hydrogen-bond acceptors (Lipinski definition) is 2. The van der Waals surface area contributed by atoms with Gasteiger partial charge in [-0.05, 0) is 207 Å². The van der Waals surface area contributed by atoms with Gasteiger partial charge in [-0.2, -0.15) is 0 Å². The number of nitrogens with zero attached hydrogens (tertiary/aromatic N) is 2. The molecule has 85 heavy (non-hydrogen) atoms. The van der Waals surface area contributed by atoms with Crippen molar-refractivity contribution in [3.05, 3.63) is 299 Å². The average molecular weight is 1090 g/mol. The first kappa shape index (κ1) is 50.9. The molecule has 0 fully saturated rings. The van der Waals surface area contributed by atoms with Crippen LogP contribution in [0.5, 0.6) is 0 Å². The van der Waals surface area contributed by atoms with Crippen molar-refractivity contribution in [2.45, 2.75) is 71.6 Å². The van der Waals surface area contributed by atoms with Crippen molar-refractivity contribution in [2.24, 2.45) is 0 Å². The molecule has 0 N–H and O–H groups in total. The molecular weight excluding hydrogens is 1020 g/mol. The highest BCUT2D eigenvalue weighted by Gasteiger charge is 2.42. The summed E-state index contributed by atoms with van der Waals surface area (Å²) < 4.78 is 0. The summed E-state index contributed by atoms with van der Waals surface area (Å²) in [5, 5.41) is 15.6. The van der Waals surface area contributed by atoms with E-state index in [-0.39, 0.29) is 16.7 Å². The van der Waals surface area contributed by atoms with Gasteiger partial charge < -0.3 is 9.80 Å². The first-order chi connectivity index (χ1) is 41.4. The minimum Gasteiger partial charge on any atom is -0.310 e. The summed E-state index contributed by atoms with van der Waals surface area (Å²) in [4.78, 5) is 5.01. The zero-order valence-corrected chi connectivity index (χ0v) is 49.4. The quantitative estimate of drug-likeness (QED) is 0.133. The normalized spacial score (nSPS) is 14.0. The molecule has 14 aromatic rings. The van der Waals surface area contributed by atoms with E-state index in [4.69, 9.17) is 0 Å². The number of aryl methyl sites for hydroxylation is 2.